The van der Waals surface area contributed by atoms with Crippen molar-refractivity contribution in [2.45, 2.75) is 52.5 Å². The van der Waals surface area contributed by atoms with E-state index in [1.165, 1.54) is 0 Å². The fourth-order valence-electron chi connectivity index (χ4n) is 2.43. The maximum absolute atomic E-state index is 12.6. The molecule has 22 heavy (non-hydrogen) atoms. The molecular formula is C15H27Cl2N3OS. The van der Waals surface area contributed by atoms with Gasteiger partial charge in [-0.05, 0) is 11.8 Å². The molecule has 2 N–H and O–H groups in total. The molecule has 1 aliphatic rings. The molecule has 0 spiro atoms. The van der Waals surface area contributed by atoms with Gasteiger partial charge in [-0.2, -0.15) is 0 Å². The molecule has 1 fully saturated rings. The molecule has 0 saturated carbocycles. The topological polar surface area (TPSA) is 59.2 Å². The van der Waals surface area contributed by atoms with Crippen molar-refractivity contribution in [3.8, 4) is 0 Å². The van der Waals surface area contributed by atoms with Crippen molar-refractivity contribution in [3.63, 3.8) is 0 Å². The third-order valence-electron chi connectivity index (χ3n) is 3.96. The average Bonchev–Trinajstić information content (AvgIpc) is 2.80. The van der Waals surface area contributed by atoms with Crippen LogP contribution >= 0.6 is 36.2 Å². The van der Waals surface area contributed by atoms with Crippen molar-refractivity contribution in [1.29, 1.82) is 0 Å². The fourth-order valence-corrected chi connectivity index (χ4v) is 3.31. The van der Waals surface area contributed by atoms with E-state index in [1.54, 1.807) is 11.3 Å². The summed E-state index contributed by atoms with van der Waals surface area (Å²) in [7, 11) is 0. The summed E-state index contributed by atoms with van der Waals surface area (Å²) in [6.07, 6.45) is 0.856. The number of thiazole rings is 1. The van der Waals surface area contributed by atoms with E-state index in [-0.39, 0.29) is 47.6 Å². The lowest BCUT2D eigenvalue weighted by atomic mass is 9.79. The summed E-state index contributed by atoms with van der Waals surface area (Å²) in [5.41, 5.74) is 6.66. The summed E-state index contributed by atoms with van der Waals surface area (Å²) < 4.78 is 0. The van der Waals surface area contributed by atoms with Gasteiger partial charge in [-0.25, -0.2) is 4.98 Å². The van der Waals surface area contributed by atoms with Crippen LogP contribution in [0.4, 0.5) is 0 Å². The molecule has 0 radical (unpaired) electrons. The van der Waals surface area contributed by atoms with Crippen LogP contribution in [0, 0.1) is 5.41 Å². The Morgan fingerprint density at radius 2 is 2.00 bits per heavy atom. The van der Waals surface area contributed by atoms with Crippen molar-refractivity contribution >= 4 is 42.1 Å². The molecule has 1 unspecified atom stereocenters. The molecule has 0 aromatic carbocycles. The second-order valence-electron chi connectivity index (χ2n) is 7.40. The third-order valence-corrected chi connectivity index (χ3v) is 5.23. The van der Waals surface area contributed by atoms with Gasteiger partial charge in [0.15, 0.2) is 0 Å². The minimum absolute atomic E-state index is 0. The number of nitrogens with two attached hydrogens (primary N) is 1. The van der Waals surface area contributed by atoms with Gasteiger partial charge < -0.3 is 10.6 Å². The Labute approximate surface area is 149 Å². The highest BCUT2D eigenvalue weighted by Gasteiger charge is 2.36. The number of piperidine rings is 1. The number of nitrogens with zero attached hydrogens (tertiary/aromatic N) is 2. The van der Waals surface area contributed by atoms with Crippen LogP contribution in [0.25, 0.3) is 0 Å². The van der Waals surface area contributed by atoms with Crippen molar-refractivity contribution in [3.05, 3.63) is 16.1 Å². The van der Waals surface area contributed by atoms with E-state index in [2.05, 4.69) is 39.6 Å². The second kappa shape index (κ2) is 7.47. The lowest BCUT2D eigenvalue weighted by molar-refractivity contribution is 0.0528. The van der Waals surface area contributed by atoms with E-state index >= 15 is 0 Å². The summed E-state index contributed by atoms with van der Waals surface area (Å²) >= 11 is 1.57. The van der Waals surface area contributed by atoms with E-state index < -0.39 is 0 Å². The predicted octanol–water partition coefficient (Wildman–Crippen LogP) is 3.48. The Morgan fingerprint density at radius 3 is 2.45 bits per heavy atom. The normalized spacial score (nSPS) is 20.8. The first-order valence-electron chi connectivity index (χ1n) is 7.12. The predicted molar refractivity (Wildman–Crippen MR) is 97.6 cm³/mol. The Bertz CT molecular complexity index is 511. The minimum atomic E-state index is -0.0310. The van der Waals surface area contributed by atoms with E-state index in [9.17, 15) is 4.79 Å². The lowest BCUT2D eigenvalue weighted by Gasteiger charge is -2.42. The first-order valence-corrected chi connectivity index (χ1v) is 8.00. The third kappa shape index (κ3) is 4.57. The van der Waals surface area contributed by atoms with E-state index in [0.29, 0.717) is 12.2 Å². The monoisotopic (exact) mass is 367 g/mol. The molecule has 1 aromatic rings. The summed E-state index contributed by atoms with van der Waals surface area (Å²) in [5.74, 6) is 0.0386. The van der Waals surface area contributed by atoms with Crippen LogP contribution in [0.15, 0.2) is 5.38 Å². The van der Waals surface area contributed by atoms with Crippen molar-refractivity contribution in [2.75, 3.05) is 13.1 Å². The molecule has 0 aliphatic carbocycles. The Morgan fingerprint density at radius 1 is 1.41 bits per heavy atom. The highest BCUT2D eigenvalue weighted by molar-refractivity contribution is 7.10. The molecule has 128 valence electrons. The van der Waals surface area contributed by atoms with Crippen LogP contribution in [0.1, 0.15) is 56.5 Å². The number of hydrogen-bond donors (Lipinski definition) is 1. The number of rotatable bonds is 1. The van der Waals surface area contributed by atoms with Crippen molar-refractivity contribution in [1.82, 2.24) is 9.88 Å². The molecule has 2 rings (SSSR count). The molecule has 1 atom stereocenters. The van der Waals surface area contributed by atoms with Crippen LogP contribution in [-0.2, 0) is 5.41 Å². The maximum Gasteiger partial charge on any atom is 0.273 e. The van der Waals surface area contributed by atoms with E-state index in [4.69, 9.17) is 5.73 Å². The Balaban J connectivity index is 0.00000220. The summed E-state index contributed by atoms with van der Waals surface area (Å²) in [6, 6.07) is 0.159. The first kappa shape index (κ1) is 21.6. The van der Waals surface area contributed by atoms with Crippen LogP contribution < -0.4 is 5.73 Å². The first-order chi connectivity index (χ1) is 9.11. The van der Waals surface area contributed by atoms with Gasteiger partial charge in [0.25, 0.3) is 5.91 Å². The minimum Gasteiger partial charge on any atom is -0.337 e. The van der Waals surface area contributed by atoms with Gasteiger partial charge in [0.05, 0.1) is 5.01 Å². The summed E-state index contributed by atoms with van der Waals surface area (Å²) in [5, 5.41) is 2.89. The number of amides is 1. The Hall–Kier alpha value is -0.360. The molecule has 2 heterocycles. The van der Waals surface area contributed by atoms with Crippen LogP contribution in [0.5, 0.6) is 0 Å². The quantitative estimate of drug-likeness (QED) is 0.826. The number of hydrogen-bond acceptors (Lipinski definition) is 4. The van der Waals surface area contributed by atoms with Gasteiger partial charge in [-0.15, -0.1) is 36.2 Å². The second-order valence-corrected chi connectivity index (χ2v) is 8.26. The zero-order chi connectivity index (χ0) is 15.1. The highest BCUT2D eigenvalue weighted by Crippen LogP contribution is 2.30. The molecule has 1 saturated heterocycles. The van der Waals surface area contributed by atoms with Gasteiger partial charge in [0.1, 0.15) is 5.69 Å². The van der Waals surface area contributed by atoms with Crippen molar-refractivity contribution in [2.24, 2.45) is 11.1 Å². The van der Waals surface area contributed by atoms with E-state index in [0.717, 1.165) is 18.0 Å². The maximum atomic E-state index is 12.6. The van der Waals surface area contributed by atoms with Crippen molar-refractivity contribution < 1.29 is 4.79 Å². The number of carbonyl (C=O) groups excluding carboxylic acids is 1. The standard InChI is InChI=1S/C15H25N3OS.2ClH/c1-14(2,3)13-17-10(8-20-13)12(19)18-7-6-11(16)15(4,5)9-18;;/h8,11H,6-7,9,16H2,1-5H3;2*1H. The number of aromatic nitrogens is 1. The molecular weight excluding hydrogens is 341 g/mol. The number of halogens is 2. The summed E-state index contributed by atoms with van der Waals surface area (Å²) in [6.45, 7) is 12.0. The fraction of sp³-hybridized carbons (Fsp3) is 0.733. The average molecular weight is 368 g/mol. The SMILES string of the molecule is CC(C)(C)c1nc(C(=O)N2CCC(N)C(C)(C)C2)cs1.Cl.Cl. The van der Waals surface area contributed by atoms with E-state index in [1.807, 2.05) is 10.3 Å². The number of likely N-dealkylation sites (tertiary alicyclic amines) is 1. The van der Waals surface area contributed by atoms with Gasteiger partial charge >= 0.3 is 0 Å². The highest BCUT2D eigenvalue weighted by atomic mass is 35.5. The Kier molecular flexibility index (Phi) is 7.35. The molecule has 1 aliphatic heterocycles. The molecule has 4 nitrogen and oxygen atoms in total. The zero-order valence-electron chi connectivity index (χ0n) is 13.9. The van der Waals surface area contributed by atoms with Gasteiger partial charge in [-0.1, -0.05) is 34.6 Å². The smallest absolute Gasteiger partial charge is 0.273 e. The molecule has 7 heteroatoms. The zero-order valence-corrected chi connectivity index (χ0v) is 16.3. The van der Waals surface area contributed by atoms with Gasteiger partial charge in [-0.3, -0.25) is 4.79 Å². The lowest BCUT2D eigenvalue weighted by Crippen LogP contribution is -2.54. The van der Waals surface area contributed by atoms with Crippen LogP contribution in [-0.4, -0.2) is 34.9 Å². The molecule has 0 bridgehead atoms. The molecule has 1 aromatic heterocycles. The van der Waals surface area contributed by atoms with Gasteiger partial charge in [0.2, 0.25) is 0 Å². The van der Waals surface area contributed by atoms with Gasteiger partial charge in [0, 0.05) is 29.9 Å². The molecule has 1 amide bonds. The summed E-state index contributed by atoms with van der Waals surface area (Å²) in [4.78, 5) is 19.0. The van der Waals surface area contributed by atoms with Crippen LogP contribution in [0.2, 0.25) is 0 Å². The number of carbonyl (C=O) groups is 1. The largest absolute Gasteiger partial charge is 0.337 e. The van der Waals surface area contributed by atoms with Crippen LogP contribution in [0.3, 0.4) is 0 Å².